The van der Waals surface area contributed by atoms with Crippen molar-refractivity contribution in [3.05, 3.63) is 52.1 Å². The molecule has 1 aromatic heterocycles. The van der Waals surface area contributed by atoms with Crippen molar-refractivity contribution in [2.24, 2.45) is 0 Å². The van der Waals surface area contributed by atoms with Gasteiger partial charge in [-0.05, 0) is 25.5 Å². The van der Waals surface area contributed by atoms with Crippen LogP contribution in [0.25, 0.3) is 0 Å². The zero-order chi connectivity index (χ0) is 13.8. The van der Waals surface area contributed by atoms with Gasteiger partial charge < -0.3 is 9.88 Å². The first-order valence-corrected chi connectivity index (χ1v) is 6.10. The van der Waals surface area contributed by atoms with Gasteiger partial charge >= 0.3 is 0 Å². The van der Waals surface area contributed by atoms with E-state index in [0.29, 0.717) is 18.8 Å². The molecule has 1 heterocycles. The Morgan fingerprint density at radius 3 is 2.84 bits per heavy atom. The molecule has 6 nitrogen and oxygen atoms in total. The van der Waals surface area contributed by atoms with Crippen molar-refractivity contribution in [2.45, 2.75) is 20.4 Å². The Hall–Kier alpha value is -2.37. The van der Waals surface area contributed by atoms with Gasteiger partial charge in [0.2, 0.25) is 0 Å². The summed E-state index contributed by atoms with van der Waals surface area (Å²) in [5, 5.41) is 14.1. The molecule has 2 rings (SSSR count). The molecule has 0 aliphatic carbocycles. The van der Waals surface area contributed by atoms with Gasteiger partial charge in [0.15, 0.2) is 0 Å². The maximum atomic E-state index is 11.1. The molecule has 0 saturated heterocycles. The molecular formula is C13H16N4O2. The molecule has 0 saturated carbocycles. The highest BCUT2D eigenvalue weighted by atomic mass is 16.6. The van der Waals surface area contributed by atoms with Gasteiger partial charge in [0.05, 0.1) is 4.92 Å². The van der Waals surface area contributed by atoms with Crippen molar-refractivity contribution >= 4 is 11.4 Å². The van der Waals surface area contributed by atoms with Gasteiger partial charge in [-0.2, -0.15) is 0 Å². The SMILES string of the molecule is CCNc1ccc(Cn2ccnc2C)cc1[N+](=O)[O-]. The van der Waals surface area contributed by atoms with Crippen molar-refractivity contribution in [2.75, 3.05) is 11.9 Å². The molecule has 1 N–H and O–H groups in total. The second kappa shape index (κ2) is 5.51. The number of aromatic nitrogens is 2. The maximum absolute atomic E-state index is 11.1. The van der Waals surface area contributed by atoms with Crippen molar-refractivity contribution in [1.29, 1.82) is 0 Å². The molecule has 100 valence electrons. The van der Waals surface area contributed by atoms with Crippen LogP contribution >= 0.6 is 0 Å². The zero-order valence-electron chi connectivity index (χ0n) is 11.0. The van der Waals surface area contributed by atoms with Gasteiger partial charge in [-0.3, -0.25) is 10.1 Å². The number of nitro benzene ring substituents is 1. The van der Waals surface area contributed by atoms with Crippen LogP contribution in [0.5, 0.6) is 0 Å². The number of aryl methyl sites for hydroxylation is 1. The second-order valence-electron chi connectivity index (χ2n) is 4.24. The van der Waals surface area contributed by atoms with E-state index in [-0.39, 0.29) is 10.6 Å². The third-order valence-electron chi connectivity index (χ3n) is 2.90. The molecule has 0 bridgehead atoms. The highest BCUT2D eigenvalue weighted by Gasteiger charge is 2.14. The van der Waals surface area contributed by atoms with E-state index in [1.807, 2.05) is 30.7 Å². The lowest BCUT2D eigenvalue weighted by Gasteiger charge is -2.08. The van der Waals surface area contributed by atoms with Gasteiger partial charge in [-0.1, -0.05) is 6.07 Å². The van der Waals surface area contributed by atoms with Crippen LogP contribution < -0.4 is 5.32 Å². The summed E-state index contributed by atoms with van der Waals surface area (Å²) in [6, 6.07) is 5.26. The Kier molecular flexibility index (Phi) is 3.79. The minimum absolute atomic E-state index is 0.108. The second-order valence-corrected chi connectivity index (χ2v) is 4.24. The van der Waals surface area contributed by atoms with Gasteiger partial charge in [0.1, 0.15) is 11.5 Å². The van der Waals surface area contributed by atoms with Gasteiger partial charge in [-0.15, -0.1) is 0 Å². The van der Waals surface area contributed by atoms with Crippen LogP contribution in [0.4, 0.5) is 11.4 Å². The van der Waals surface area contributed by atoms with Crippen molar-refractivity contribution in [3.63, 3.8) is 0 Å². The monoisotopic (exact) mass is 260 g/mol. The molecule has 0 atom stereocenters. The van der Waals surface area contributed by atoms with Crippen LogP contribution in [0.2, 0.25) is 0 Å². The number of nitrogens with zero attached hydrogens (tertiary/aromatic N) is 3. The summed E-state index contributed by atoms with van der Waals surface area (Å²) in [5.41, 5.74) is 1.55. The largest absolute Gasteiger partial charge is 0.380 e. The van der Waals surface area contributed by atoms with E-state index in [1.165, 1.54) is 0 Å². The van der Waals surface area contributed by atoms with Crippen LogP contribution in [0, 0.1) is 17.0 Å². The van der Waals surface area contributed by atoms with E-state index in [0.717, 1.165) is 11.4 Å². The smallest absolute Gasteiger partial charge is 0.292 e. The van der Waals surface area contributed by atoms with Gasteiger partial charge in [0.25, 0.3) is 5.69 Å². The van der Waals surface area contributed by atoms with Crippen LogP contribution in [0.1, 0.15) is 18.3 Å². The van der Waals surface area contributed by atoms with E-state index in [9.17, 15) is 10.1 Å². The number of nitrogens with one attached hydrogen (secondary N) is 1. The summed E-state index contributed by atoms with van der Waals surface area (Å²) in [4.78, 5) is 14.8. The van der Waals surface area contributed by atoms with Crippen LogP contribution in [0.15, 0.2) is 30.6 Å². The number of imidazole rings is 1. The molecule has 0 amide bonds. The molecular weight excluding hydrogens is 244 g/mol. The molecule has 19 heavy (non-hydrogen) atoms. The van der Waals surface area contributed by atoms with Gasteiger partial charge in [0, 0.05) is 31.5 Å². The molecule has 2 aromatic rings. The summed E-state index contributed by atoms with van der Waals surface area (Å²) in [5.74, 6) is 0.887. The first-order chi connectivity index (χ1) is 9.11. The number of hydrogen-bond acceptors (Lipinski definition) is 4. The summed E-state index contributed by atoms with van der Waals surface area (Å²) in [6.07, 6.45) is 3.58. The highest BCUT2D eigenvalue weighted by Crippen LogP contribution is 2.25. The number of hydrogen-bond donors (Lipinski definition) is 1. The zero-order valence-corrected chi connectivity index (χ0v) is 11.0. The Morgan fingerprint density at radius 2 is 2.26 bits per heavy atom. The molecule has 0 spiro atoms. The summed E-state index contributed by atoms with van der Waals surface area (Å²) in [7, 11) is 0. The van der Waals surface area contributed by atoms with E-state index < -0.39 is 0 Å². The Bertz CT molecular complexity index is 592. The molecule has 6 heteroatoms. The standard InChI is InChI=1S/C13H16N4O2/c1-3-14-12-5-4-11(8-13(12)17(18)19)9-16-7-6-15-10(16)2/h4-8,14H,3,9H2,1-2H3. The Labute approximate surface area is 111 Å². The fourth-order valence-corrected chi connectivity index (χ4v) is 1.93. The lowest BCUT2D eigenvalue weighted by atomic mass is 10.1. The average Bonchev–Trinajstić information content (AvgIpc) is 2.77. The van der Waals surface area contributed by atoms with Crippen LogP contribution in [0.3, 0.4) is 0 Å². The first kappa shape index (κ1) is 13.1. The Morgan fingerprint density at radius 1 is 1.47 bits per heavy atom. The average molecular weight is 260 g/mol. The van der Waals surface area contributed by atoms with Crippen molar-refractivity contribution in [1.82, 2.24) is 9.55 Å². The number of rotatable bonds is 5. The number of benzene rings is 1. The first-order valence-electron chi connectivity index (χ1n) is 6.10. The fourth-order valence-electron chi connectivity index (χ4n) is 1.93. The van der Waals surface area contributed by atoms with E-state index >= 15 is 0 Å². The predicted molar refractivity (Wildman–Crippen MR) is 73.3 cm³/mol. The van der Waals surface area contributed by atoms with Crippen LogP contribution in [-0.4, -0.2) is 21.0 Å². The normalized spacial score (nSPS) is 10.4. The molecule has 0 fully saturated rings. The Balaban J connectivity index is 2.30. The molecule has 0 unspecified atom stereocenters. The lowest BCUT2D eigenvalue weighted by molar-refractivity contribution is -0.384. The highest BCUT2D eigenvalue weighted by molar-refractivity contribution is 5.62. The summed E-state index contributed by atoms with van der Waals surface area (Å²) < 4.78 is 1.95. The molecule has 0 aliphatic heterocycles. The van der Waals surface area contributed by atoms with E-state index in [4.69, 9.17) is 0 Å². The maximum Gasteiger partial charge on any atom is 0.292 e. The molecule has 0 radical (unpaired) electrons. The van der Waals surface area contributed by atoms with Crippen molar-refractivity contribution in [3.8, 4) is 0 Å². The topological polar surface area (TPSA) is 73.0 Å². The minimum Gasteiger partial charge on any atom is -0.380 e. The lowest BCUT2D eigenvalue weighted by Crippen LogP contribution is -2.04. The molecule has 1 aromatic carbocycles. The van der Waals surface area contributed by atoms with E-state index in [1.54, 1.807) is 18.3 Å². The number of nitro groups is 1. The van der Waals surface area contributed by atoms with E-state index in [2.05, 4.69) is 10.3 Å². The third-order valence-corrected chi connectivity index (χ3v) is 2.90. The fraction of sp³-hybridized carbons (Fsp3) is 0.308. The predicted octanol–water partition coefficient (Wildman–Crippen LogP) is 2.58. The molecule has 0 aliphatic rings. The third kappa shape index (κ3) is 2.90. The quantitative estimate of drug-likeness (QED) is 0.662. The summed E-state index contributed by atoms with van der Waals surface area (Å²) >= 11 is 0. The van der Waals surface area contributed by atoms with Gasteiger partial charge in [-0.25, -0.2) is 4.98 Å². The number of anilines is 1. The minimum atomic E-state index is -0.359. The summed E-state index contributed by atoms with van der Waals surface area (Å²) in [6.45, 7) is 5.05. The van der Waals surface area contributed by atoms with Crippen molar-refractivity contribution < 1.29 is 4.92 Å². The van der Waals surface area contributed by atoms with Crippen LogP contribution in [-0.2, 0) is 6.54 Å².